The molecule has 2 amide bonds. The van der Waals surface area contributed by atoms with E-state index in [-0.39, 0.29) is 17.6 Å². The number of imide groups is 1. The zero-order valence-electron chi connectivity index (χ0n) is 9.20. The van der Waals surface area contributed by atoms with Gasteiger partial charge in [0.2, 0.25) is 0 Å². The van der Waals surface area contributed by atoms with Gasteiger partial charge in [-0.1, -0.05) is 0 Å². The maximum Gasteiger partial charge on any atom is 0.254 e. The molecule has 3 nitrogen and oxygen atoms in total. The van der Waals surface area contributed by atoms with Crippen LogP contribution in [0.3, 0.4) is 0 Å². The van der Waals surface area contributed by atoms with E-state index in [1.807, 2.05) is 6.07 Å². The predicted octanol–water partition coefficient (Wildman–Crippen LogP) is 2.17. The molecular formula is C13H8FNO2S. The van der Waals surface area contributed by atoms with Gasteiger partial charge in [0.05, 0.1) is 0 Å². The Morgan fingerprint density at radius 3 is 2.78 bits per heavy atom. The van der Waals surface area contributed by atoms with E-state index in [0.29, 0.717) is 12.0 Å². The van der Waals surface area contributed by atoms with E-state index in [1.165, 1.54) is 29.5 Å². The minimum Gasteiger partial charge on any atom is -0.289 e. The number of carbonyl (C=O) groups excluding carboxylic acids is 2. The van der Waals surface area contributed by atoms with Crippen LogP contribution in [0, 0.1) is 5.82 Å². The van der Waals surface area contributed by atoms with Crippen molar-refractivity contribution in [2.45, 2.75) is 6.42 Å². The summed E-state index contributed by atoms with van der Waals surface area (Å²) in [6, 6.07) is 6.43. The molecule has 1 aliphatic rings. The van der Waals surface area contributed by atoms with Crippen molar-refractivity contribution in [2.75, 3.05) is 0 Å². The van der Waals surface area contributed by atoms with Gasteiger partial charge in [0.15, 0.2) is 0 Å². The summed E-state index contributed by atoms with van der Waals surface area (Å²) in [5, 5.41) is 3.02. The second kappa shape index (κ2) is 4.03. The number of thiophene rings is 1. The van der Waals surface area contributed by atoms with E-state index < -0.39 is 0 Å². The molecular weight excluding hydrogens is 253 g/mol. The van der Waals surface area contributed by atoms with Crippen molar-refractivity contribution < 1.29 is 14.0 Å². The van der Waals surface area contributed by atoms with E-state index in [4.69, 9.17) is 0 Å². The van der Waals surface area contributed by atoms with Gasteiger partial charge >= 0.3 is 0 Å². The highest BCUT2D eigenvalue weighted by molar-refractivity contribution is 7.19. The molecule has 0 saturated heterocycles. The number of nitrogens with one attached hydrogen (secondary N) is 1. The van der Waals surface area contributed by atoms with Crippen LogP contribution in [0.25, 0.3) is 10.1 Å². The fourth-order valence-electron chi connectivity index (χ4n) is 1.93. The molecule has 1 aromatic carbocycles. The summed E-state index contributed by atoms with van der Waals surface area (Å²) in [6.07, 6.45) is 1.71. The summed E-state index contributed by atoms with van der Waals surface area (Å²) in [4.78, 5) is 23.4. The third-order valence-corrected chi connectivity index (χ3v) is 3.84. The molecule has 0 bridgehead atoms. The van der Waals surface area contributed by atoms with Crippen LogP contribution in [-0.2, 0) is 16.0 Å². The number of fused-ring (bicyclic) bond motifs is 1. The lowest BCUT2D eigenvalue weighted by molar-refractivity contribution is -0.123. The molecule has 0 fully saturated rings. The molecule has 3 rings (SSSR count). The van der Waals surface area contributed by atoms with Crippen LogP contribution in [0.2, 0.25) is 0 Å². The molecule has 0 aliphatic carbocycles. The smallest absolute Gasteiger partial charge is 0.254 e. The summed E-state index contributed by atoms with van der Waals surface area (Å²) in [6.45, 7) is 0. The Labute approximate surface area is 106 Å². The third kappa shape index (κ3) is 1.93. The fraction of sp³-hybridized carbons (Fsp3) is 0.0769. The maximum absolute atomic E-state index is 13.0. The van der Waals surface area contributed by atoms with Crippen LogP contribution >= 0.6 is 11.3 Å². The number of carbonyl (C=O) groups is 2. The van der Waals surface area contributed by atoms with Crippen molar-refractivity contribution in [3.8, 4) is 0 Å². The molecule has 0 atom stereocenters. The molecule has 1 aromatic heterocycles. The van der Waals surface area contributed by atoms with E-state index in [0.717, 1.165) is 15.0 Å². The number of rotatable bonds is 2. The number of hydrogen-bond donors (Lipinski definition) is 1. The Balaban J connectivity index is 1.94. The van der Waals surface area contributed by atoms with Gasteiger partial charge in [0.1, 0.15) is 5.82 Å². The second-order valence-corrected chi connectivity index (χ2v) is 5.23. The van der Waals surface area contributed by atoms with E-state index in [1.54, 1.807) is 6.07 Å². The van der Waals surface area contributed by atoms with Gasteiger partial charge in [-0.05, 0) is 29.7 Å². The second-order valence-electron chi connectivity index (χ2n) is 4.06. The molecule has 18 heavy (non-hydrogen) atoms. The van der Waals surface area contributed by atoms with Crippen LogP contribution in [0.1, 0.15) is 4.88 Å². The first kappa shape index (κ1) is 11.1. The monoisotopic (exact) mass is 261 g/mol. The van der Waals surface area contributed by atoms with Crippen LogP contribution in [0.5, 0.6) is 0 Å². The maximum atomic E-state index is 13.0. The molecule has 90 valence electrons. The van der Waals surface area contributed by atoms with E-state index in [9.17, 15) is 14.0 Å². The summed E-state index contributed by atoms with van der Waals surface area (Å²) < 4.78 is 14.0. The largest absolute Gasteiger partial charge is 0.289 e. The Bertz CT molecular complexity index is 702. The normalized spacial score (nSPS) is 15.1. The number of hydrogen-bond acceptors (Lipinski definition) is 3. The van der Waals surface area contributed by atoms with Crippen molar-refractivity contribution >= 4 is 33.2 Å². The van der Waals surface area contributed by atoms with Gasteiger partial charge in [-0.15, -0.1) is 11.3 Å². The zero-order valence-corrected chi connectivity index (χ0v) is 10.0. The molecule has 0 unspecified atom stereocenters. The van der Waals surface area contributed by atoms with Crippen molar-refractivity contribution in [3.05, 3.63) is 46.6 Å². The third-order valence-electron chi connectivity index (χ3n) is 2.73. The van der Waals surface area contributed by atoms with Crippen LogP contribution < -0.4 is 5.32 Å². The quantitative estimate of drug-likeness (QED) is 0.842. The summed E-state index contributed by atoms with van der Waals surface area (Å²) >= 11 is 1.50. The average Bonchev–Trinajstić information content (AvgIpc) is 2.82. The van der Waals surface area contributed by atoms with Gasteiger partial charge in [0.25, 0.3) is 11.8 Å². The first-order valence-corrected chi connectivity index (χ1v) is 6.17. The Hall–Kier alpha value is -2.01. The summed E-state index contributed by atoms with van der Waals surface area (Å²) in [5.41, 5.74) is 0.451. The van der Waals surface area contributed by atoms with Crippen molar-refractivity contribution in [1.82, 2.24) is 5.32 Å². The number of amides is 2. The van der Waals surface area contributed by atoms with Gasteiger partial charge in [-0.3, -0.25) is 14.9 Å². The van der Waals surface area contributed by atoms with Crippen LogP contribution in [-0.4, -0.2) is 11.8 Å². The minimum atomic E-state index is -0.373. The topological polar surface area (TPSA) is 46.2 Å². The van der Waals surface area contributed by atoms with E-state index >= 15 is 0 Å². The Kier molecular flexibility index (Phi) is 2.48. The lowest BCUT2D eigenvalue weighted by atomic mass is 10.1. The Morgan fingerprint density at radius 1 is 1.22 bits per heavy atom. The molecule has 0 spiro atoms. The molecule has 2 heterocycles. The predicted molar refractivity (Wildman–Crippen MR) is 66.7 cm³/mol. The number of benzene rings is 1. The highest BCUT2D eigenvalue weighted by Gasteiger charge is 2.21. The molecule has 0 saturated carbocycles. The van der Waals surface area contributed by atoms with Crippen LogP contribution in [0.15, 0.2) is 35.9 Å². The van der Waals surface area contributed by atoms with Gasteiger partial charge in [0, 0.05) is 27.6 Å². The summed E-state index contributed by atoms with van der Waals surface area (Å²) in [7, 11) is 0. The number of halogens is 1. The molecule has 1 N–H and O–H groups in total. The van der Waals surface area contributed by atoms with Gasteiger partial charge in [-0.25, -0.2) is 4.39 Å². The summed E-state index contributed by atoms with van der Waals surface area (Å²) in [5.74, 6) is -0.995. The molecule has 0 radical (unpaired) electrons. The molecule has 2 aromatic rings. The minimum absolute atomic E-state index is 0.278. The average molecular weight is 261 g/mol. The van der Waals surface area contributed by atoms with Gasteiger partial charge < -0.3 is 0 Å². The van der Waals surface area contributed by atoms with Crippen molar-refractivity contribution in [1.29, 1.82) is 0 Å². The standard InChI is InChI=1S/C13H8FNO2S/c14-9-1-2-11-7(3-9)4-10(18-11)5-8-6-12(16)15-13(8)17/h1-4,6H,5H2,(H,15,16,17). The Morgan fingerprint density at radius 2 is 2.06 bits per heavy atom. The lowest BCUT2D eigenvalue weighted by Crippen LogP contribution is -2.22. The molecule has 1 aliphatic heterocycles. The van der Waals surface area contributed by atoms with Crippen molar-refractivity contribution in [3.63, 3.8) is 0 Å². The highest BCUT2D eigenvalue weighted by Crippen LogP contribution is 2.28. The first-order chi connectivity index (χ1) is 8.61. The molecule has 5 heteroatoms. The lowest BCUT2D eigenvalue weighted by Gasteiger charge is -1.95. The zero-order chi connectivity index (χ0) is 12.7. The van der Waals surface area contributed by atoms with Gasteiger partial charge in [-0.2, -0.15) is 0 Å². The highest BCUT2D eigenvalue weighted by atomic mass is 32.1. The van der Waals surface area contributed by atoms with Crippen molar-refractivity contribution in [2.24, 2.45) is 0 Å². The SMILES string of the molecule is O=C1C=C(Cc2cc3cc(F)ccc3s2)C(=O)N1. The first-order valence-electron chi connectivity index (χ1n) is 5.36. The van der Waals surface area contributed by atoms with E-state index in [2.05, 4.69) is 5.32 Å². The van der Waals surface area contributed by atoms with Crippen LogP contribution in [0.4, 0.5) is 4.39 Å². The fourth-order valence-corrected chi connectivity index (χ4v) is 3.00.